The SMILES string of the molecule is CC(C)[C@@](O)(c1ccc2ccccc2c1)C(n1cccc1C(=O)Nc1ccccc1)[C@](C)(O)CC(=O)O. The molecule has 0 saturated carbocycles. The Morgan fingerprint density at radius 3 is 2.19 bits per heavy atom. The van der Waals surface area contributed by atoms with Crippen molar-refractivity contribution in [2.75, 3.05) is 5.32 Å². The molecule has 0 aliphatic rings. The highest BCUT2D eigenvalue weighted by Gasteiger charge is 2.52. The van der Waals surface area contributed by atoms with Crippen molar-refractivity contribution >= 4 is 28.3 Å². The van der Waals surface area contributed by atoms with Gasteiger partial charge in [0.15, 0.2) is 0 Å². The minimum Gasteiger partial charge on any atom is -0.481 e. The number of carbonyl (C=O) groups excluding carboxylic acids is 1. The number of carbonyl (C=O) groups is 2. The van der Waals surface area contributed by atoms with E-state index in [4.69, 9.17) is 0 Å². The number of fused-ring (bicyclic) bond motifs is 1. The summed E-state index contributed by atoms with van der Waals surface area (Å²) in [5.74, 6) is -2.13. The fraction of sp³-hybridized carbons (Fsp3) is 0.267. The number of nitrogens with one attached hydrogen (secondary N) is 1. The molecule has 192 valence electrons. The Morgan fingerprint density at radius 1 is 0.892 bits per heavy atom. The number of carboxylic acids is 1. The number of anilines is 1. The summed E-state index contributed by atoms with van der Waals surface area (Å²) in [6, 6.07) is 24.2. The Balaban J connectivity index is 1.90. The van der Waals surface area contributed by atoms with Crippen LogP contribution in [0.25, 0.3) is 10.8 Å². The minimum absolute atomic E-state index is 0.180. The van der Waals surface area contributed by atoms with Gasteiger partial charge in [0.2, 0.25) is 0 Å². The molecule has 7 nitrogen and oxygen atoms in total. The average Bonchev–Trinajstić information content (AvgIpc) is 3.32. The third-order valence-corrected chi connectivity index (χ3v) is 6.93. The molecule has 3 atom stereocenters. The number of hydrogen-bond donors (Lipinski definition) is 4. The Morgan fingerprint density at radius 2 is 1.54 bits per heavy atom. The summed E-state index contributed by atoms with van der Waals surface area (Å²) in [4.78, 5) is 25.2. The van der Waals surface area contributed by atoms with Crippen LogP contribution in [0.5, 0.6) is 0 Å². The second-order valence-electron chi connectivity index (χ2n) is 9.99. The molecule has 3 aromatic carbocycles. The molecule has 37 heavy (non-hydrogen) atoms. The van der Waals surface area contributed by atoms with Gasteiger partial charge in [-0.2, -0.15) is 0 Å². The zero-order valence-electron chi connectivity index (χ0n) is 21.1. The van der Waals surface area contributed by atoms with Gasteiger partial charge in [0, 0.05) is 11.9 Å². The first-order chi connectivity index (χ1) is 17.5. The van der Waals surface area contributed by atoms with Gasteiger partial charge in [-0.3, -0.25) is 9.59 Å². The van der Waals surface area contributed by atoms with E-state index < -0.39 is 41.5 Å². The Bertz CT molecular complexity index is 1410. The van der Waals surface area contributed by atoms with Crippen LogP contribution in [0.3, 0.4) is 0 Å². The molecule has 7 heteroatoms. The molecule has 0 radical (unpaired) electrons. The van der Waals surface area contributed by atoms with Crippen LogP contribution in [0.15, 0.2) is 91.1 Å². The standard InChI is InChI=1S/C30H32N2O5/c1-20(2)30(37,23-16-15-21-10-7-8-11-22(21)18-23)28(29(3,36)19-26(33)34)32-17-9-14-25(32)27(35)31-24-12-5-4-6-13-24/h4-18,20,28,36-37H,19H2,1-3H3,(H,31,35)(H,33,34)/t28?,29-,30-/m1/s1. The van der Waals surface area contributed by atoms with Gasteiger partial charge in [-0.15, -0.1) is 0 Å². The van der Waals surface area contributed by atoms with Crippen LogP contribution >= 0.6 is 0 Å². The van der Waals surface area contributed by atoms with E-state index in [1.54, 1.807) is 48.7 Å². The second-order valence-corrected chi connectivity index (χ2v) is 9.99. The number of aromatic nitrogens is 1. The lowest BCUT2D eigenvalue weighted by molar-refractivity contribution is -0.159. The smallest absolute Gasteiger partial charge is 0.306 e. The third-order valence-electron chi connectivity index (χ3n) is 6.93. The van der Waals surface area contributed by atoms with Crippen LogP contribution in [-0.2, 0) is 10.4 Å². The molecular weight excluding hydrogens is 468 g/mol. The van der Waals surface area contributed by atoms with Gasteiger partial charge in [0.25, 0.3) is 5.91 Å². The van der Waals surface area contributed by atoms with Crippen molar-refractivity contribution in [3.63, 3.8) is 0 Å². The second kappa shape index (κ2) is 10.2. The maximum atomic E-state index is 13.3. The molecule has 1 unspecified atom stereocenters. The summed E-state index contributed by atoms with van der Waals surface area (Å²) in [6.45, 7) is 5.01. The first kappa shape index (κ1) is 26.1. The topological polar surface area (TPSA) is 112 Å². The lowest BCUT2D eigenvalue weighted by atomic mass is 9.70. The van der Waals surface area contributed by atoms with E-state index in [9.17, 15) is 24.9 Å². The number of aliphatic carboxylic acids is 1. The van der Waals surface area contributed by atoms with E-state index in [1.807, 2.05) is 56.3 Å². The van der Waals surface area contributed by atoms with Gasteiger partial charge in [-0.05, 0) is 59.5 Å². The van der Waals surface area contributed by atoms with Crippen LogP contribution in [0.1, 0.15) is 49.3 Å². The van der Waals surface area contributed by atoms with Crippen LogP contribution < -0.4 is 5.32 Å². The molecule has 1 amide bonds. The first-order valence-electron chi connectivity index (χ1n) is 12.2. The molecule has 0 aliphatic carbocycles. The highest BCUT2D eigenvalue weighted by Crippen LogP contribution is 2.47. The summed E-state index contributed by atoms with van der Waals surface area (Å²) in [5.41, 5.74) is -2.40. The van der Waals surface area contributed by atoms with Crippen molar-refractivity contribution in [3.8, 4) is 0 Å². The van der Waals surface area contributed by atoms with Crippen molar-refractivity contribution in [2.45, 2.75) is 44.4 Å². The quantitative estimate of drug-likeness (QED) is 0.252. The monoisotopic (exact) mass is 500 g/mol. The number of hydrogen-bond acceptors (Lipinski definition) is 4. The number of nitrogens with zero attached hydrogens (tertiary/aromatic N) is 1. The maximum absolute atomic E-state index is 13.3. The fourth-order valence-corrected chi connectivity index (χ4v) is 5.16. The van der Waals surface area contributed by atoms with Gasteiger partial charge in [0.1, 0.15) is 11.3 Å². The van der Waals surface area contributed by atoms with Crippen molar-refractivity contribution in [2.24, 2.45) is 5.92 Å². The molecule has 4 aromatic rings. The molecule has 4 rings (SSSR count). The van der Waals surface area contributed by atoms with E-state index in [0.717, 1.165) is 10.8 Å². The van der Waals surface area contributed by atoms with Gasteiger partial charge in [0.05, 0.1) is 18.1 Å². The Hall–Kier alpha value is -3.94. The van der Waals surface area contributed by atoms with E-state index in [2.05, 4.69) is 5.32 Å². The van der Waals surface area contributed by atoms with Gasteiger partial charge < -0.3 is 25.2 Å². The molecule has 1 heterocycles. The lowest BCUT2D eigenvalue weighted by Crippen LogP contribution is -2.53. The summed E-state index contributed by atoms with van der Waals surface area (Å²) >= 11 is 0. The predicted molar refractivity (Wildman–Crippen MR) is 143 cm³/mol. The van der Waals surface area contributed by atoms with Crippen molar-refractivity contribution < 1.29 is 24.9 Å². The van der Waals surface area contributed by atoms with Crippen LogP contribution in [0.2, 0.25) is 0 Å². The van der Waals surface area contributed by atoms with E-state index in [0.29, 0.717) is 11.3 Å². The summed E-state index contributed by atoms with van der Waals surface area (Å²) in [7, 11) is 0. The molecule has 0 spiro atoms. The predicted octanol–water partition coefficient (Wildman–Crippen LogP) is 5.20. The fourth-order valence-electron chi connectivity index (χ4n) is 5.16. The molecule has 0 fully saturated rings. The molecule has 0 aliphatic heterocycles. The number of para-hydroxylation sites is 1. The maximum Gasteiger partial charge on any atom is 0.306 e. The van der Waals surface area contributed by atoms with Crippen molar-refractivity contribution in [1.82, 2.24) is 4.57 Å². The average molecular weight is 501 g/mol. The Kier molecular flexibility index (Phi) is 7.21. The van der Waals surface area contributed by atoms with E-state index in [-0.39, 0.29) is 5.69 Å². The van der Waals surface area contributed by atoms with Crippen LogP contribution in [0, 0.1) is 5.92 Å². The van der Waals surface area contributed by atoms with Crippen LogP contribution in [-0.4, -0.2) is 37.4 Å². The largest absolute Gasteiger partial charge is 0.481 e. The van der Waals surface area contributed by atoms with Gasteiger partial charge in [-0.25, -0.2) is 0 Å². The number of aliphatic hydroxyl groups is 2. The zero-order valence-corrected chi connectivity index (χ0v) is 21.1. The number of rotatable bonds is 9. The molecular formula is C30H32N2O5. The Labute approximate surface area is 216 Å². The number of benzene rings is 3. The summed E-state index contributed by atoms with van der Waals surface area (Å²) < 4.78 is 1.50. The minimum atomic E-state index is -1.93. The van der Waals surface area contributed by atoms with Crippen molar-refractivity contribution in [1.29, 1.82) is 0 Å². The van der Waals surface area contributed by atoms with Gasteiger partial charge >= 0.3 is 5.97 Å². The highest BCUT2D eigenvalue weighted by molar-refractivity contribution is 6.03. The molecule has 1 aromatic heterocycles. The highest BCUT2D eigenvalue weighted by atomic mass is 16.4. The van der Waals surface area contributed by atoms with E-state index in [1.165, 1.54) is 11.5 Å². The lowest BCUT2D eigenvalue weighted by Gasteiger charge is -2.47. The number of amides is 1. The zero-order chi connectivity index (χ0) is 26.8. The van der Waals surface area contributed by atoms with Gasteiger partial charge in [-0.1, -0.05) is 68.4 Å². The normalized spacial score (nSPS) is 15.6. The van der Waals surface area contributed by atoms with E-state index >= 15 is 0 Å². The van der Waals surface area contributed by atoms with Crippen molar-refractivity contribution in [3.05, 3.63) is 102 Å². The molecule has 0 bridgehead atoms. The van der Waals surface area contributed by atoms with Crippen LogP contribution in [0.4, 0.5) is 5.69 Å². The summed E-state index contributed by atoms with van der Waals surface area (Å²) in [6.07, 6.45) is 0.952. The summed E-state index contributed by atoms with van der Waals surface area (Å²) in [5, 5.41) is 38.5. The number of carboxylic acid groups (broad SMARTS) is 1. The molecule has 0 saturated heterocycles. The first-order valence-corrected chi connectivity index (χ1v) is 12.2. The third kappa shape index (κ3) is 5.14. The molecule has 4 N–H and O–H groups in total.